The molecule has 0 radical (unpaired) electrons. The zero-order valence-corrected chi connectivity index (χ0v) is 17.9. The van der Waals surface area contributed by atoms with E-state index in [9.17, 15) is 14.4 Å². The smallest absolute Gasteiger partial charge is 0.234 e. The van der Waals surface area contributed by atoms with Gasteiger partial charge in [0.1, 0.15) is 5.75 Å². The molecule has 2 fully saturated rings. The predicted octanol–water partition coefficient (Wildman–Crippen LogP) is 3.96. The average Bonchev–Trinajstić information content (AvgIpc) is 3.11. The van der Waals surface area contributed by atoms with E-state index in [1.165, 1.54) is 4.90 Å². The van der Waals surface area contributed by atoms with Crippen molar-refractivity contribution < 1.29 is 19.1 Å². The maximum absolute atomic E-state index is 13.5. The van der Waals surface area contributed by atoms with Gasteiger partial charge in [-0.1, -0.05) is 54.6 Å². The first-order valence-electron chi connectivity index (χ1n) is 11.1. The number of allylic oxidation sites excluding steroid dienone is 2. The predicted molar refractivity (Wildman–Crippen MR) is 120 cm³/mol. The van der Waals surface area contributed by atoms with Crippen LogP contribution in [0.25, 0.3) is 0 Å². The number of para-hydroxylation sites is 2. The van der Waals surface area contributed by atoms with Gasteiger partial charge in [0, 0.05) is 0 Å². The van der Waals surface area contributed by atoms with Crippen LogP contribution in [0.1, 0.15) is 30.9 Å². The van der Waals surface area contributed by atoms with Gasteiger partial charge in [-0.05, 0) is 42.4 Å². The molecule has 1 N–H and O–H groups in total. The van der Waals surface area contributed by atoms with E-state index in [2.05, 4.69) is 17.5 Å². The van der Waals surface area contributed by atoms with E-state index in [1.54, 1.807) is 19.2 Å². The number of nitrogens with zero attached hydrogens (tertiary/aromatic N) is 1. The Morgan fingerprint density at radius 1 is 0.969 bits per heavy atom. The Kier molecular flexibility index (Phi) is 5.29. The maximum Gasteiger partial charge on any atom is 0.234 e. The van der Waals surface area contributed by atoms with Crippen LogP contribution in [0.15, 0.2) is 66.7 Å². The molecule has 6 heteroatoms. The number of imide groups is 1. The SMILES string of the molecule is COc1ccccc1NC(=O)C[C@@H](c1ccccc1)N1C(=O)[C@@H]2[C@H](C1=O)[C@H]1C=C[C@H]2CC1. The third-order valence-electron chi connectivity index (χ3n) is 7.05. The lowest BCUT2D eigenvalue weighted by atomic mass is 9.63. The topological polar surface area (TPSA) is 75.7 Å². The van der Waals surface area contributed by atoms with E-state index in [1.807, 2.05) is 42.5 Å². The number of nitrogens with one attached hydrogen (secondary N) is 1. The molecule has 164 valence electrons. The number of benzene rings is 2. The highest BCUT2D eigenvalue weighted by atomic mass is 16.5. The maximum atomic E-state index is 13.5. The molecule has 2 bridgehead atoms. The van der Waals surface area contributed by atoms with Gasteiger partial charge in [-0.3, -0.25) is 19.3 Å². The zero-order valence-electron chi connectivity index (χ0n) is 17.9. The van der Waals surface area contributed by atoms with Gasteiger partial charge in [0.15, 0.2) is 0 Å². The zero-order chi connectivity index (χ0) is 22.2. The summed E-state index contributed by atoms with van der Waals surface area (Å²) in [6.45, 7) is 0. The van der Waals surface area contributed by atoms with Crippen LogP contribution >= 0.6 is 0 Å². The Hall–Kier alpha value is -3.41. The lowest BCUT2D eigenvalue weighted by Gasteiger charge is -2.38. The fourth-order valence-corrected chi connectivity index (χ4v) is 5.56. The Morgan fingerprint density at radius 2 is 1.56 bits per heavy atom. The van der Waals surface area contributed by atoms with E-state index in [4.69, 9.17) is 4.74 Å². The number of carbonyl (C=O) groups excluding carboxylic acids is 3. The highest BCUT2D eigenvalue weighted by Crippen LogP contribution is 2.51. The summed E-state index contributed by atoms with van der Waals surface area (Å²) in [7, 11) is 1.55. The van der Waals surface area contributed by atoms with E-state index in [-0.39, 0.29) is 47.8 Å². The van der Waals surface area contributed by atoms with E-state index in [0.717, 1.165) is 18.4 Å². The summed E-state index contributed by atoms with van der Waals surface area (Å²) in [4.78, 5) is 41.5. The molecule has 2 aromatic carbocycles. The van der Waals surface area contributed by atoms with Crippen molar-refractivity contribution in [2.75, 3.05) is 12.4 Å². The van der Waals surface area contributed by atoms with Gasteiger partial charge in [0.25, 0.3) is 0 Å². The van der Waals surface area contributed by atoms with Gasteiger partial charge >= 0.3 is 0 Å². The minimum absolute atomic E-state index is 0.0122. The number of likely N-dealkylation sites (tertiary alicyclic amines) is 1. The molecule has 0 unspecified atom stereocenters. The normalized spacial score (nSPS) is 26.7. The van der Waals surface area contributed by atoms with Crippen molar-refractivity contribution in [2.24, 2.45) is 23.7 Å². The fourth-order valence-electron chi connectivity index (χ4n) is 5.56. The van der Waals surface area contributed by atoms with Crippen molar-refractivity contribution in [2.45, 2.75) is 25.3 Å². The van der Waals surface area contributed by atoms with Crippen molar-refractivity contribution >= 4 is 23.4 Å². The van der Waals surface area contributed by atoms with Crippen molar-refractivity contribution in [3.63, 3.8) is 0 Å². The van der Waals surface area contributed by atoms with Gasteiger partial charge in [-0.25, -0.2) is 0 Å². The van der Waals surface area contributed by atoms with Crippen LogP contribution in [-0.2, 0) is 14.4 Å². The first kappa shape index (κ1) is 20.5. The van der Waals surface area contributed by atoms with Crippen molar-refractivity contribution in [3.8, 4) is 5.75 Å². The number of methoxy groups -OCH3 is 1. The first-order valence-corrected chi connectivity index (χ1v) is 11.1. The summed E-state index contributed by atoms with van der Waals surface area (Å²) in [6.07, 6.45) is 6.09. The van der Waals surface area contributed by atoms with Crippen molar-refractivity contribution in [1.29, 1.82) is 0 Å². The highest BCUT2D eigenvalue weighted by Gasteiger charge is 2.58. The third kappa shape index (κ3) is 3.40. The van der Waals surface area contributed by atoms with E-state index in [0.29, 0.717) is 11.4 Å². The van der Waals surface area contributed by atoms with Gasteiger partial charge in [0.05, 0.1) is 37.1 Å². The van der Waals surface area contributed by atoms with Gasteiger partial charge in [0.2, 0.25) is 17.7 Å². The second kappa shape index (κ2) is 8.26. The lowest BCUT2D eigenvalue weighted by molar-refractivity contribution is -0.143. The van der Waals surface area contributed by atoms with Crippen LogP contribution in [-0.4, -0.2) is 29.7 Å². The number of anilines is 1. The minimum Gasteiger partial charge on any atom is -0.495 e. The second-order valence-electron chi connectivity index (χ2n) is 8.77. The quantitative estimate of drug-likeness (QED) is 0.556. The molecule has 3 amide bonds. The Balaban J connectivity index is 1.44. The molecular weight excluding hydrogens is 404 g/mol. The van der Waals surface area contributed by atoms with Crippen LogP contribution < -0.4 is 10.1 Å². The van der Waals surface area contributed by atoms with Crippen LogP contribution in [0.3, 0.4) is 0 Å². The summed E-state index contributed by atoms with van der Waals surface area (Å²) in [5, 5.41) is 2.88. The molecule has 1 aliphatic heterocycles. The summed E-state index contributed by atoms with van der Waals surface area (Å²) >= 11 is 0. The second-order valence-corrected chi connectivity index (χ2v) is 8.77. The summed E-state index contributed by atoms with van der Waals surface area (Å²) in [6, 6.07) is 15.9. The molecule has 6 rings (SSSR count). The van der Waals surface area contributed by atoms with Crippen LogP contribution in [0.4, 0.5) is 5.69 Å². The molecule has 1 saturated carbocycles. The average molecular weight is 431 g/mol. The molecule has 32 heavy (non-hydrogen) atoms. The highest BCUT2D eigenvalue weighted by molar-refractivity contribution is 6.07. The fraction of sp³-hybridized carbons (Fsp3) is 0.346. The molecule has 4 aliphatic rings. The molecular formula is C26H26N2O4. The third-order valence-corrected chi connectivity index (χ3v) is 7.05. The summed E-state index contributed by atoms with van der Waals surface area (Å²) in [5.74, 6) is -0.366. The number of hydrogen-bond acceptors (Lipinski definition) is 4. The van der Waals surface area contributed by atoms with E-state index >= 15 is 0 Å². The lowest BCUT2D eigenvalue weighted by Crippen LogP contribution is -2.38. The molecule has 5 atom stereocenters. The van der Waals surface area contributed by atoms with Crippen LogP contribution in [0, 0.1) is 23.7 Å². The number of hydrogen-bond donors (Lipinski definition) is 1. The largest absolute Gasteiger partial charge is 0.495 e. The number of ether oxygens (including phenoxy) is 1. The number of rotatable bonds is 6. The molecule has 1 heterocycles. The van der Waals surface area contributed by atoms with Gasteiger partial charge in [-0.2, -0.15) is 0 Å². The number of carbonyl (C=O) groups is 3. The molecule has 1 saturated heterocycles. The van der Waals surface area contributed by atoms with Crippen molar-refractivity contribution in [3.05, 3.63) is 72.3 Å². The Bertz CT molecular complexity index is 1050. The monoisotopic (exact) mass is 430 g/mol. The van der Waals surface area contributed by atoms with Gasteiger partial charge in [-0.15, -0.1) is 0 Å². The Morgan fingerprint density at radius 3 is 2.16 bits per heavy atom. The Labute approximate surface area is 187 Å². The number of amides is 3. The van der Waals surface area contributed by atoms with Crippen LogP contribution in [0.2, 0.25) is 0 Å². The molecule has 3 aliphatic carbocycles. The molecule has 0 spiro atoms. The van der Waals surface area contributed by atoms with Crippen molar-refractivity contribution in [1.82, 2.24) is 4.90 Å². The summed E-state index contributed by atoms with van der Waals surface area (Å²) < 4.78 is 5.32. The molecule has 2 aromatic rings. The molecule has 0 aromatic heterocycles. The minimum atomic E-state index is -0.643. The van der Waals surface area contributed by atoms with Gasteiger partial charge < -0.3 is 10.1 Å². The van der Waals surface area contributed by atoms with Crippen LogP contribution in [0.5, 0.6) is 5.75 Å². The van der Waals surface area contributed by atoms with E-state index < -0.39 is 6.04 Å². The summed E-state index contributed by atoms with van der Waals surface area (Å²) in [5.41, 5.74) is 1.34. The molecule has 6 nitrogen and oxygen atoms in total. The first-order chi connectivity index (χ1) is 15.6. The number of fused-ring (bicyclic) bond motifs is 1. The standard InChI is InChI=1S/C26H26N2O4/c1-32-21-10-6-5-9-19(21)27-22(29)15-20(16-7-3-2-4-8-16)28-25(30)23-17-11-12-18(14-13-17)24(23)26(28)31/h2-12,17-18,20,23-24H,13-15H2,1H3,(H,27,29)/t17-,18-,20-,23-,24+/m0/s1.